The van der Waals surface area contributed by atoms with Gasteiger partial charge < -0.3 is 15.2 Å². The van der Waals surface area contributed by atoms with Gasteiger partial charge in [0.15, 0.2) is 0 Å². The van der Waals surface area contributed by atoms with Crippen molar-refractivity contribution in [2.24, 2.45) is 5.89 Å². The number of rotatable bonds is 3. The minimum atomic E-state index is -3.08. The Morgan fingerprint density at radius 3 is 2.67 bits per heavy atom. The van der Waals surface area contributed by atoms with E-state index in [0.717, 1.165) is 14.0 Å². The molecule has 0 radical (unpaired) electrons. The van der Waals surface area contributed by atoms with E-state index in [1.807, 2.05) is 0 Å². The van der Waals surface area contributed by atoms with Crippen LogP contribution in [-0.4, -0.2) is 30.3 Å². The Hall–Kier alpha value is -1.26. The predicted molar refractivity (Wildman–Crippen MR) is 41.8 cm³/mol. The first-order valence-electron chi connectivity index (χ1n) is 5.49. The highest BCUT2D eigenvalue weighted by atomic mass is 16.5. The molecule has 0 heterocycles. The van der Waals surface area contributed by atoms with Gasteiger partial charge in [0.1, 0.15) is 6.02 Å². The van der Waals surface area contributed by atoms with E-state index in [1.54, 1.807) is 5.32 Å². The highest BCUT2D eigenvalue weighted by molar-refractivity contribution is 5.80. The third-order valence-corrected chi connectivity index (χ3v) is 1.00. The molecule has 0 aliphatic heterocycles. The average molecular weight is 180 g/mol. The summed E-state index contributed by atoms with van der Waals surface area (Å²) in [6.45, 7) is -2.34. The van der Waals surface area contributed by atoms with E-state index < -0.39 is 30.8 Å². The van der Waals surface area contributed by atoms with Gasteiger partial charge in [0.25, 0.3) is 0 Å². The van der Waals surface area contributed by atoms with Crippen LogP contribution >= 0.6 is 0 Å². The molecular formula is C7H13NO4. The maximum atomic E-state index is 10.9. The second kappa shape index (κ2) is 4.58. The van der Waals surface area contributed by atoms with E-state index in [4.69, 9.17) is 12.0 Å². The van der Waals surface area contributed by atoms with Crippen LogP contribution in [0.25, 0.3) is 0 Å². The lowest BCUT2D eigenvalue weighted by Gasteiger charge is -2.16. The molecule has 0 bridgehead atoms. The van der Waals surface area contributed by atoms with Crippen LogP contribution < -0.4 is 5.32 Å². The molecule has 1 amide bonds. The van der Waals surface area contributed by atoms with Gasteiger partial charge in [-0.3, -0.25) is 0 Å². The van der Waals surface area contributed by atoms with Crippen LogP contribution in [0.15, 0.2) is 0 Å². The van der Waals surface area contributed by atoms with Crippen molar-refractivity contribution in [2.45, 2.75) is 19.8 Å². The molecule has 0 saturated heterocycles. The molecule has 2 N–H and O–H groups in total. The Morgan fingerprint density at radius 2 is 2.33 bits per heavy atom. The molecule has 70 valence electrons. The van der Waals surface area contributed by atoms with Gasteiger partial charge in [-0.05, 0) is 5.89 Å². The number of amides is 1. The number of carbonyl (C=O) groups is 2. The van der Waals surface area contributed by atoms with Crippen molar-refractivity contribution < 1.29 is 26.3 Å². The third kappa shape index (κ3) is 3.23. The summed E-state index contributed by atoms with van der Waals surface area (Å²) in [5.41, 5.74) is 0. The highest BCUT2D eigenvalue weighted by Crippen LogP contribution is 2.01. The van der Waals surface area contributed by atoms with Gasteiger partial charge in [0.2, 0.25) is 0 Å². The molecule has 0 saturated carbocycles. The fourth-order valence-electron chi connectivity index (χ4n) is 0.461. The van der Waals surface area contributed by atoms with E-state index >= 15 is 0 Å². The summed E-state index contributed by atoms with van der Waals surface area (Å²) in [7, 11) is 0.925. The van der Waals surface area contributed by atoms with Gasteiger partial charge in [-0.1, -0.05) is 13.8 Å². The summed E-state index contributed by atoms with van der Waals surface area (Å²) in [6.07, 6.45) is -1.30. The van der Waals surface area contributed by atoms with E-state index in [0.29, 0.717) is 0 Å². The maximum absolute atomic E-state index is 10.9. The topological polar surface area (TPSA) is 75.6 Å². The molecule has 0 spiro atoms. The van der Waals surface area contributed by atoms with Gasteiger partial charge in [-0.15, -0.1) is 0 Å². The summed E-state index contributed by atoms with van der Waals surface area (Å²) < 4.78 is 40.3. The van der Waals surface area contributed by atoms with Crippen LogP contribution in [0.4, 0.5) is 4.79 Å². The first kappa shape index (κ1) is 4.69. The molecule has 0 fully saturated rings. The van der Waals surface area contributed by atoms with E-state index in [2.05, 4.69) is 4.74 Å². The Morgan fingerprint density at radius 1 is 1.75 bits per heavy atom. The van der Waals surface area contributed by atoms with Crippen molar-refractivity contribution in [3.8, 4) is 0 Å². The third-order valence-electron chi connectivity index (χ3n) is 1.00. The number of alkyl carbamates (subject to hydrolysis) is 1. The monoisotopic (exact) mass is 180 g/mol. The van der Waals surface area contributed by atoms with Crippen molar-refractivity contribution in [1.82, 2.24) is 5.32 Å². The number of carbonyl (C=O) groups excluding carboxylic acids is 1. The first-order chi connectivity index (χ1) is 7.40. The number of hydrogen-bond donors (Lipinski definition) is 2. The molecule has 1 unspecified atom stereocenters. The van der Waals surface area contributed by atoms with Crippen LogP contribution in [0, 0.1) is 5.89 Å². The zero-order valence-electron chi connectivity index (χ0n) is 11.7. The number of aliphatic carboxylic acids is 1. The van der Waals surface area contributed by atoms with Crippen molar-refractivity contribution in [2.75, 3.05) is 7.11 Å². The molecule has 0 aromatic carbocycles. The number of methoxy groups -OCH3 is 1. The quantitative estimate of drug-likeness (QED) is 0.661. The van der Waals surface area contributed by atoms with Crippen molar-refractivity contribution in [1.29, 1.82) is 0 Å². The lowest BCUT2D eigenvalue weighted by Crippen LogP contribution is -2.44. The molecule has 2 atom stereocenters. The first-order valence-corrected chi connectivity index (χ1v) is 2.99. The van der Waals surface area contributed by atoms with Gasteiger partial charge in [0, 0.05) is 5.48 Å². The number of hydrogen-bond acceptors (Lipinski definition) is 3. The Bertz CT molecular complexity index is 329. The Kier molecular flexibility index (Phi) is 1.79. The minimum absolute atomic E-state index is 0.733. The normalized spacial score (nSPS) is 27.0. The summed E-state index contributed by atoms with van der Waals surface area (Å²) in [5, 5.41) is 10.4. The van der Waals surface area contributed by atoms with E-state index in [1.165, 1.54) is 0 Å². The Labute approximate surface area is 77.7 Å². The average Bonchev–Trinajstić information content (AvgIpc) is 2.14. The molecule has 12 heavy (non-hydrogen) atoms. The molecule has 0 aliphatic rings. The van der Waals surface area contributed by atoms with Gasteiger partial charge >= 0.3 is 12.1 Å². The standard InChI is InChI=1S/C7H13NO4/c1-4(2)5(6(9)10)8-7(11)12-3/h4-5H,1-3H3,(H,8,11)(H,9,10)/t5-/m0/s1/i1D3,4D,5D/t4?,5-. The second-order valence-corrected chi connectivity index (χ2v) is 1.92. The SMILES string of the molecule is [2H]C([2H])([2H])C([2H])(C)[C@]([2H])(NC(=O)OC)C(=O)O. The molecule has 5 nitrogen and oxygen atoms in total. The van der Waals surface area contributed by atoms with Crippen LogP contribution in [0.2, 0.25) is 0 Å². The van der Waals surface area contributed by atoms with Crippen LogP contribution in [-0.2, 0) is 9.53 Å². The molecule has 0 aromatic heterocycles. The fourth-order valence-corrected chi connectivity index (χ4v) is 0.461. The summed E-state index contributed by atoms with van der Waals surface area (Å²) in [5.74, 6) is -4.71. The Balaban J connectivity index is 5.51. The minimum Gasteiger partial charge on any atom is -0.480 e. The lowest BCUT2D eigenvalue weighted by molar-refractivity contribution is -0.140. The summed E-state index contributed by atoms with van der Waals surface area (Å²) in [4.78, 5) is 21.9. The van der Waals surface area contributed by atoms with E-state index in [9.17, 15) is 9.59 Å². The van der Waals surface area contributed by atoms with Gasteiger partial charge in [-0.25, -0.2) is 9.59 Å². The number of nitrogens with one attached hydrogen (secondary N) is 1. The summed E-state index contributed by atoms with van der Waals surface area (Å²) in [6, 6.07) is -3.05. The van der Waals surface area contributed by atoms with Gasteiger partial charge in [-0.2, -0.15) is 0 Å². The lowest BCUT2D eigenvalue weighted by atomic mass is 10.1. The molecule has 5 heteroatoms. The molecule has 0 aliphatic carbocycles. The van der Waals surface area contributed by atoms with Crippen molar-refractivity contribution in [3.05, 3.63) is 0 Å². The van der Waals surface area contributed by atoms with E-state index in [-0.39, 0.29) is 0 Å². The van der Waals surface area contributed by atoms with Gasteiger partial charge in [0.05, 0.1) is 8.48 Å². The van der Waals surface area contributed by atoms with Crippen LogP contribution in [0.5, 0.6) is 0 Å². The maximum Gasteiger partial charge on any atom is 0.407 e. The zero-order chi connectivity index (χ0) is 14.1. The largest absolute Gasteiger partial charge is 0.480 e. The summed E-state index contributed by atoms with van der Waals surface area (Å²) >= 11 is 0. The number of carboxylic acid groups (broad SMARTS) is 1. The molecule has 0 rings (SSSR count). The number of carboxylic acids is 1. The smallest absolute Gasteiger partial charge is 0.407 e. The number of ether oxygens (including phenoxy) is 1. The molecule has 0 aromatic rings. The van der Waals surface area contributed by atoms with Crippen LogP contribution in [0.1, 0.15) is 20.6 Å². The molecular weight excluding hydrogens is 162 g/mol. The highest BCUT2D eigenvalue weighted by Gasteiger charge is 2.23. The zero-order valence-corrected chi connectivity index (χ0v) is 6.67. The van der Waals surface area contributed by atoms with Crippen molar-refractivity contribution >= 4 is 12.1 Å². The van der Waals surface area contributed by atoms with Crippen LogP contribution in [0.3, 0.4) is 0 Å². The van der Waals surface area contributed by atoms with Crippen molar-refractivity contribution in [3.63, 3.8) is 0 Å². The fraction of sp³-hybridized carbons (Fsp3) is 0.714. The second-order valence-electron chi connectivity index (χ2n) is 1.92. The predicted octanol–water partition coefficient (Wildman–Crippen LogP) is 0.452.